The molecule has 0 aliphatic heterocycles. The van der Waals surface area contributed by atoms with Gasteiger partial charge >= 0.3 is 0 Å². The Morgan fingerprint density at radius 2 is 0.932 bits per heavy atom. The fourth-order valence-corrected chi connectivity index (χ4v) is 8.52. The van der Waals surface area contributed by atoms with Crippen molar-refractivity contribution in [3.8, 4) is 11.4 Å². The molecular weight excluding hydrogens is 721 g/mol. The lowest BCUT2D eigenvalue weighted by atomic mass is 9.97. The van der Waals surface area contributed by atoms with Crippen molar-refractivity contribution in [2.45, 2.75) is 52.0 Å². The van der Waals surface area contributed by atoms with Gasteiger partial charge in [-0.25, -0.2) is 4.98 Å². The molecule has 5 nitrogen and oxygen atoms in total. The highest BCUT2D eigenvalue weighted by atomic mass is 16.1. The summed E-state index contributed by atoms with van der Waals surface area (Å²) in [7, 11) is 0. The second-order valence-corrected chi connectivity index (χ2v) is 15.3. The number of unbranched alkanes of at least 4 members (excludes halogenated alkanes) is 5. The summed E-state index contributed by atoms with van der Waals surface area (Å²) >= 11 is 0. The third-order valence-electron chi connectivity index (χ3n) is 11.4. The first-order valence-corrected chi connectivity index (χ1v) is 21.0. The molecule has 1 heterocycles. The van der Waals surface area contributed by atoms with Crippen LogP contribution in [0.1, 0.15) is 55.8 Å². The van der Waals surface area contributed by atoms with Crippen molar-refractivity contribution in [3.63, 3.8) is 0 Å². The number of benzene rings is 8. The number of hydrogen-bond acceptors (Lipinski definition) is 4. The average Bonchev–Trinajstić information content (AvgIpc) is 3.69. The molecule has 0 N–H and O–H groups in total. The molecule has 9 rings (SSSR count). The summed E-state index contributed by atoms with van der Waals surface area (Å²) in [6, 6.07) is 64.1. The number of para-hydroxylation sites is 4. The predicted molar refractivity (Wildman–Crippen MR) is 248 cm³/mol. The zero-order valence-electron chi connectivity index (χ0n) is 33.5. The van der Waals surface area contributed by atoms with Crippen LogP contribution in [0, 0.1) is 0 Å². The van der Waals surface area contributed by atoms with Gasteiger partial charge in [0, 0.05) is 62.6 Å². The van der Waals surface area contributed by atoms with Crippen molar-refractivity contribution in [1.29, 1.82) is 0 Å². The number of rotatable bonds is 15. The number of nitrogens with zero attached hydrogens (tertiary/aromatic N) is 4. The van der Waals surface area contributed by atoms with Crippen LogP contribution < -0.4 is 9.80 Å². The number of aromatic nitrogens is 2. The van der Waals surface area contributed by atoms with Crippen LogP contribution in [0.5, 0.6) is 0 Å². The van der Waals surface area contributed by atoms with Crippen LogP contribution in [0.25, 0.3) is 44.0 Å². The van der Waals surface area contributed by atoms with Crippen LogP contribution in [0.4, 0.5) is 34.1 Å². The van der Waals surface area contributed by atoms with Gasteiger partial charge in [0.1, 0.15) is 12.1 Å². The minimum atomic E-state index is 0.658. The highest BCUT2D eigenvalue weighted by Crippen LogP contribution is 2.44. The monoisotopic (exact) mass is 768 g/mol. The van der Waals surface area contributed by atoms with E-state index in [1.54, 1.807) is 0 Å². The van der Waals surface area contributed by atoms with Gasteiger partial charge < -0.3 is 14.4 Å². The molecular formula is C54H48N4O. The quantitative estimate of drug-likeness (QED) is 0.0592. The molecule has 5 heteroatoms. The van der Waals surface area contributed by atoms with Gasteiger partial charge in [-0.05, 0) is 90.0 Å². The molecule has 0 saturated heterocycles. The van der Waals surface area contributed by atoms with E-state index in [4.69, 9.17) is 4.98 Å². The fraction of sp³-hybridized carbons (Fsp3) is 0.148. The Kier molecular flexibility index (Phi) is 11.0. The largest absolute Gasteiger partial charge is 0.323 e. The van der Waals surface area contributed by atoms with Crippen molar-refractivity contribution >= 4 is 73.0 Å². The predicted octanol–water partition coefficient (Wildman–Crippen LogP) is 15.1. The van der Waals surface area contributed by atoms with Crippen LogP contribution in [0.15, 0.2) is 182 Å². The van der Waals surface area contributed by atoms with E-state index in [1.807, 2.05) is 24.3 Å². The van der Waals surface area contributed by atoms with Gasteiger partial charge in [-0.3, -0.25) is 4.79 Å². The maximum absolute atomic E-state index is 11.7. The van der Waals surface area contributed by atoms with Crippen molar-refractivity contribution in [3.05, 3.63) is 188 Å². The summed E-state index contributed by atoms with van der Waals surface area (Å²) in [5, 5.41) is 4.57. The Hall–Kier alpha value is -6.98. The van der Waals surface area contributed by atoms with Crippen LogP contribution in [0.2, 0.25) is 0 Å². The number of aldehydes is 1. The van der Waals surface area contributed by atoms with Crippen LogP contribution in [-0.4, -0.2) is 15.8 Å². The summed E-state index contributed by atoms with van der Waals surface area (Å²) in [5.41, 5.74) is 10.3. The van der Waals surface area contributed by atoms with Crippen LogP contribution in [-0.2, 0) is 6.54 Å². The number of aryl methyl sites for hydroxylation is 1. The molecule has 0 saturated carbocycles. The Morgan fingerprint density at radius 1 is 0.475 bits per heavy atom. The maximum atomic E-state index is 11.7. The molecule has 0 bridgehead atoms. The van der Waals surface area contributed by atoms with E-state index in [0.717, 1.165) is 97.3 Å². The number of hydrogen-bond donors (Lipinski definition) is 0. The topological polar surface area (TPSA) is 41.4 Å². The zero-order valence-corrected chi connectivity index (χ0v) is 33.5. The van der Waals surface area contributed by atoms with E-state index in [9.17, 15) is 4.79 Å². The van der Waals surface area contributed by atoms with Gasteiger partial charge in [-0.1, -0.05) is 148 Å². The van der Waals surface area contributed by atoms with Gasteiger partial charge in [-0.15, -0.1) is 0 Å². The van der Waals surface area contributed by atoms with Crippen molar-refractivity contribution in [2.24, 2.45) is 0 Å². The first-order chi connectivity index (χ1) is 29.2. The van der Waals surface area contributed by atoms with Gasteiger partial charge in [0.05, 0.1) is 11.0 Å². The summed E-state index contributed by atoms with van der Waals surface area (Å²) < 4.78 is 2.45. The summed E-state index contributed by atoms with van der Waals surface area (Å²) in [5.74, 6) is 0.929. The Balaban J connectivity index is 1.32. The molecule has 0 unspecified atom stereocenters. The first kappa shape index (κ1) is 37.6. The lowest BCUT2D eigenvalue weighted by molar-refractivity contribution is 0.112. The number of fused-ring (bicyclic) bond motifs is 6. The second-order valence-electron chi connectivity index (χ2n) is 15.3. The summed E-state index contributed by atoms with van der Waals surface area (Å²) in [4.78, 5) is 21.9. The van der Waals surface area contributed by atoms with Gasteiger partial charge in [0.25, 0.3) is 0 Å². The van der Waals surface area contributed by atoms with Crippen molar-refractivity contribution in [2.75, 3.05) is 9.80 Å². The number of carbonyl (C=O) groups is 1. The second kappa shape index (κ2) is 17.3. The molecule has 0 amide bonds. The molecule has 59 heavy (non-hydrogen) atoms. The van der Waals surface area contributed by atoms with Gasteiger partial charge in [0.2, 0.25) is 0 Å². The number of carbonyl (C=O) groups excluding carboxylic acids is 1. The highest BCUT2D eigenvalue weighted by molar-refractivity contribution is 6.25. The van der Waals surface area contributed by atoms with E-state index in [2.05, 4.69) is 179 Å². The Bertz CT molecular complexity index is 2740. The molecule has 8 aromatic carbocycles. The van der Waals surface area contributed by atoms with Gasteiger partial charge in [-0.2, -0.15) is 0 Å². The SMILES string of the molecule is CCCCCCCCn1c(-c2ccc(C=O)cc2)nc2c3ccc(N(c4ccccc4)c4ccccc4)cc3c3cc(N(c4ccccc4)c4ccccc4)ccc3c21. The Morgan fingerprint density at radius 3 is 1.42 bits per heavy atom. The molecule has 0 radical (unpaired) electrons. The number of anilines is 6. The van der Waals surface area contributed by atoms with Gasteiger partial charge in [0.15, 0.2) is 0 Å². The average molecular weight is 769 g/mol. The lowest BCUT2D eigenvalue weighted by Crippen LogP contribution is -2.10. The normalized spacial score (nSPS) is 11.3. The highest BCUT2D eigenvalue weighted by Gasteiger charge is 2.22. The third-order valence-corrected chi connectivity index (χ3v) is 11.4. The smallest absolute Gasteiger partial charge is 0.150 e. The van der Waals surface area contributed by atoms with Crippen molar-refractivity contribution < 1.29 is 4.79 Å². The molecule has 9 aromatic rings. The summed E-state index contributed by atoms with van der Waals surface area (Å²) in [6.45, 7) is 3.12. The minimum absolute atomic E-state index is 0.658. The van der Waals surface area contributed by atoms with Crippen LogP contribution in [0.3, 0.4) is 0 Å². The van der Waals surface area contributed by atoms with Crippen molar-refractivity contribution in [1.82, 2.24) is 9.55 Å². The first-order valence-electron chi connectivity index (χ1n) is 21.0. The van der Waals surface area contributed by atoms with E-state index in [0.29, 0.717) is 5.56 Å². The van der Waals surface area contributed by atoms with Crippen LogP contribution >= 0.6 is 0 Å². The van der Waals surface area contributed by atoms with E-state index in [1.165, 1.54) is 32.1 Å². The third kappa shape index (κ3) is 7.60. The molecule has 0 atom stereocenters. The standard InChI is InChI=1S/C54H48N4O/c1-2-3-4-5-6-19-36-56-53-49-35-33-47(58(44-24-15-9-16-25-44)45-26-17-10-18-27-45)38-51(49)50-37-46(57(42-20-11-7-12-21-42)43-22-13-8-14-23-43)32-34-48(50)52(53)55-54(56)41-30-28-40(39-59)29-31-41/h7-18,20-35,37-39H,2-6,19,36H2,1H3. The fourth-order valence-electron chi connectivity index (χ4n) is 8.52. The molecule has 0 spiro atoms. The molecule has 290 valence electrons. The maximum Gasteiger partial charge on any atom is 0.150 e. The van der Waals surface area contributed by atoms with E-state index in [-0.39, 0.29) is 0 Å². The minimum Gasteiger partial charge on any atom is -0.323 e. The van der Waals surface area contributed by atoms with E-state index < -0.39 is 0 Å². The molecule has 0 aliphatic rings. The molecule has 1 aromatic heterocycles. The number of imidazole rings is 1. The molecule has 0 aliphatic carbocycles. The molecule has 0 fully saturated rings. The zero-order chi connectivity index (χ0) is 40.0. The van der Waals surface area contributed by atoms with E-state index >= 15 is 0 Å². The summed E-state index contributed by atoms with van der Waals surface area (Å²) in [6.07, 6.45) is 8.14. The Labute approximate surface area is 346 Å². The lowest BCUT2D eigenvalue weighted by Gasteiger charge is -2.27.